The molecule has 6 heteroatoms. The summed E-state index contributed by atoms with van der Waals surface area (Å²) in [5.41, 5.74) is 0. The van der Waals surface area contributed by atoms with E-state index in [4.69, 9.17) is 14.6 Å². The summed E-state index contributed by atoms with van der Waals surface area (Å²) >= 11 is 0. The van der Waals surface area contributed by atoms with Gasteiger partial charge in [-0.05, 0) is 6.42 Å². The third kappa shape index (κ3) is 3.13. The van der Waals surface area contributed by atoms with Crippen LogP contribution in [-0.2, 0) is 9.47 Å². The van der Waals surface area contributed by atoms with Crippen molar-refractivity contribution in [1.82, 2.24) is 0 Å². The van der Waals surface area contributed by atoms with Crippen molar-refractivity contribution < 1.29 is 29.9 Å². The number of rotatable bonds is 6. The molecule has 0 aromatic carbocycles. The van der Waals surface area contributed by atoms with Crippen molar-refractivity contribution >= 4 is 0 Å². The predicted octanol–water partition coefficient (Wildman–Crippen LogP) is -1.40. The molecule has 1 rings (SSSR count). The minimum atomic E-state index is -1.27. The lowest BCUT2D eigenvalue weighted by molar-refractivity contribution is -0.159. The van der Waals surface area contributed by atoms with Crippen LogP contribution in [0.15, 0.2) is 0 Å². The van der Waals surface area contributed by atoms with Crippen molar-refractivity contribution in [2.45, 2.75) is 50.5 Å². The molecule has 1 heterocycles. The highest BCUT2D eigenvalue weighted by Crippen LogP contribution is 2.24. The lowest BCUT2D eigenvalue weighted by Crippen LogP contribution is -2.41. The molecule has 0 unspecified atom stereocenters. The summed E-state index contributed by atoms with van der Waals surface area (Å²) < 4.78 is 10.2. The van der Waals surface area contributed by atoms with Crippen LogP contribution in [0, 0.1) is 0 Å². The summed E-state index contributed by atoms with van der Waals surface area (Å²) in [7, 11) is 0. The van der Waals surface area contributed by atoms with E-state index in [0.29, 0.717) is 6.61 Å². The maximum atomic E-state index is 9.74. The second-order valence-electron chi connectivity index (χ2n) is 3.92. The predicted molar refractivity (Wildman–Crippen MR) is 54.6 cm³/mol. The molecular formula is C10H20O6. The van der Waals surface area contributed by atoms with Crippen LogP contribution in [0.2, 0.25) is 0 Å². The number of ether oxygens (including phenoxy) is 2. The Labute approximate surface area is 94.4 Å². The first-order chi connectivity index (χ1) is 7.61. The summed E-state index contributed by atoms with van der Waals surface area (Å²) in [6.07, 6.45) is -3.72. The Morgan fingerprint density at radius 1 is 1.38 bits per heavy atom. The minimum Gasteiger partial charge on any atom is -0.394 e. The molecule has 1 aliphatic rings. The van der Waals surface area contributed by atoms with Crippen LogP contribution in [0.3, 0.4) is 0 Å². The zero-order chi connectivity index (χ0) is 12.1. The SMILES string of the molecule is CCCCO[C@H]1[C@@H](O)[C@@H]([C@H](O)CO)O[C@H]1O. The molecule has 1 aliphatic heterocycles. The number of aliphatic hydroxyl groups excluding tert-OH is 4. The van der Waals surface area contributed by atoms with Crippen molar-refractivity contribution in [3.8, 4) is 0 Å². The van der Waals surface area contributed by atoms with Gasteiger partial charge in [0.1, 0.15) is 24.4 Å². The fraction of sp³-hybridized carbons (Fsp3) is 1.00. The Kier molecular flexibility index (Phi) is 5.60. The van der Waals surface area contributed by atoms with E-state index in [1.165, 1.54) is 0 Å². The molecule has 0 bridgehead atoms. The minimum absolute atomic E-state index is 0.417. The first-order valence-corrected chi connectivity index (χ1v) is 5.54. The monoisotopic (exact) mass is 236 g/mol. The second-order valence-corrected chi connectivity index (χ2v) is 3.92. The standard InChI is InChI=1S/C10H20O6/c1-2-3-4-15-9-7(13)8(6(12)5-11)16-10(9)14/h6-14H,2-5H2,1H3/t6-,7+,8-,9+,10-/m1/s1. The summed E-state index contributed by atoms with van der Waals surface area (Å²) in [6, 6.07) is 0. The molecule has 16 heavy (non-hydrogen) atoms. The molecule has 1 fully saturated rings. The Hall–Kier alpha value is -0.240. The molecule has 96 valence electrons. The molecule has 5 atom stereocenters. The van der Waals surface area contributed by atoms with Gasteiger partial charge in [0, 0.05) is 6.61 Å². The first-order valence-electron chi connectivity index (χ1n) is 5.54. The van der Waals surface area contributed by atoms with Crippen LogP contribution in [0.5, 0.6) is 0 Å². The maximum Gasteiger partial charge on any atom is 0.184 e. The highest BCUT2D eigenvalue weighted by Gasteiger charge is 2.46. The summed E-state index contributed by atoms with van der Waals surface area (Å²) in [6.45, 7) is 1.89. The van der Waals surface area contributed by atoms with Gasteiger partial charge in [-0.2, -0.15) is 0 Å². The lowest BCUT2D eigenvalue weighted by Gasteiger charge is -2.20. The average molecular weight is 236 g/mol. The highest BCUT2D eigenvalue weighted by atomic mass is 16.7. The van der Waals surface area contributed by atoms with E-state index in [0.717, 1.165) is 12.8 Å². The van der Waals surface area contributed by atoms with E-state index in [1.807, 2.05) is 6.92 Å². The van der Waals surface area contributed by atoms with Gasteiger partial charge >= 0.3 is 0 Å². The van der Waals surface area contributed by atoms with E-state index < -0.39 is 37.3 Å². The molecule has 0 amide bonds. The van der Waals surface area contributed by atoms with Crippen LogP contribution < -0.4 is 0 Å². The Bertz CT molecular complexity index is 200. The van der Waals surface area contributed by atoms with Gasteiger partial charge in [-0.3, -0.25) is 0 Å². The molecule has 6 nitrogen and oxygen atoms in total. The molecule has 0 spiro atoms. The number of unbranched alkanes of at least 4 members (excludes halogenated alkanes) is 1. The molecule has 0 aromatic rings. The van der Waals surface area contributed by atoms with E-state index >= 15 is 0 Å². The summed E-state index contributed by atoms with van der Waals surface area (Å²) in [5, 5.41) is 37.3. The van der Waals surface area contributed by atoms with Crippen LogP contribution in [0.25, 0.3) is 0 Å². The normalized spacial score (nSPS) is 36.6. The topological polar surface area (TPSA) is 99.4 Å². The fourth-order valence-corrected chi connectivity index (χ4v) is 1.64. The van der Waals surface area contributed by atoms with Crippen LogP contribution in [0.1, 0.15) is 19.8 Å². The smallest absolute Gasteiger partial charge is 0.184 e. The summed E-state index contributed by atoms with van der Waals surface area (Å²) in [5.74, 6) is 0. The summed E-state index contributed by atoms with van der Waals surface area (Å²) in [4.78, 5) is 0. The average Bonchev–Trinajstić information content (AvgIpc) is 2.56. The van der Waals surface area contributed by atoms with Gasteiger partial charge in [0.15, 0.2) is 6.29 Å². The van der Waals surface area contributed by atoms with Crippen LogP contribution in [-0.4, -0.2) is 64.3 Å². The molecular weight excluding hydrogens is 216 g/mol. The Balaban J connectivity index is 2.46. The fourth-order valence-electron chi connectivity index (χ4n) is 1.64. The number of hydrogen-bond acceptors (Lipinski definition) is 6. The van der Waals surface area contributed by atoms with Gasteiger partial charge in [0.05, 0.1) is 6.61 Å². The van der Waals surface area contributed by atoms with Gasteiger partial charge < -0.3 is 29.9 Å². The maximum absolute atomic E-state index is 9.74. The van der Waals surface area contributed by atoms with E-state index in [9.17, 15) is 15.3 Å². The molecule has 0 saturated carbocycles. The van der Waals surface area contributed by atoms with Crippen molar-refractivity contribution in [3.05, 3.63) is 0 Å². The van der Waals surface area contributed by atoms with Crippen LogP contribution in [0.4, 0.5) is 0 Å². The third-order valence-corrected chi connectivity index (χ3v) is 2.63. The lowest BCUT2D eigenvalue weighted by atomic mass is 10.1. The number of aliphatic hydroxyl groups is 4. The van der Waals surface area contributed by atoms with Gasteiger partial charge in [0.25, 0.3) is 0 Å². The quantitative estimate of drug-likeness (QED) is 0.423. The van der Waals surface area contributed by atoms with E-state index in [1.54, 1.807) is 0 Å². The van der Waals surface area contributed by atoms with Gasteiger partial charge in [-0.25, -0.2) is 0 Å². The second kappa shape index (κ2) is 6.48. The third-order valence-electron chi connectivity index (χ3n) is 2.63. The van der Waals surface area contributed by atoms with Gasteiger partial charge in [0.2, 0.25) is 0 Å². The molecule has 1 saturated heterocycles. The zero-order valence-electron chi connectivity index (χ0n) is 9.32. The molecule has 0 radical (unpaired) electrons. The van der Waals surface area contributed by atoms with E-state index in [2.05, 4.69) is 0 Å². The zero-order valence-corrected chi connectivity index (χ0v) is 9.32. The molecule has 0 aliphatic carbocycles. The highest BCUT2D eigenvalue weighted by molar-refractivity contribution is 4.90. The van der Waals surface area contributed by atoms with Gasteiger partial charge in [-0.15, -0.1) is 0 Å². The van der Waals surface area contributed by atoms with Crippen molar-refractivity contribution in [3.63, 3.8) is 0 Å². The Morgan fingerprint density at radius 2 is 2.06 bits per heavy atom. The number of hydrogen-bond donors (Lipinski definition) is 4. The molecule has 4 N–H and O–H groups in total. The van der Waals surface area contributed by atoms with Gasteiger partial charge in [-0.1, -0.05) is 13.3 Å². The van der Waals surface area contributed by atoms with Crippen molar-refractivity contribution in [1.29, 1.82) is 0 Å². The van der Waals surface area contributed by atoms with Crippen LogP contribution >= 0.6 is 0 Å². The largest absolute Gasteiger partial charge is 0.394 e. The first kappa shape index (κ1) is 13.8. The Morgan fingerprint density at radius 3 is 2.62 bits per heavy atom. The van der Waals surface area contributed by atoms with Crippen molar-refractivity contribution in [2.24, 2.45) is 0 Å². The van der Waals surface area contributed by atoms with E-state index in [-0.39, 0.29) is 0 Å². The molecule has 0 aromatic heterocycles. The van der Waals surface area contributed by atoms with Crippen molar-refractivity contribution in [2.75, 3.05) is 13.2 Å².